The standard InChI is InChI=1S/C17H21NO3/c19-16(18-15-11-6-10-14(15)17(20)21)12-5-4-9-13-7-2-1-3-8-13/h1-4,7-9,14-15H,5-6,10-12H2,(H,18,19)(H,20,21)/b9-4+/t14-,15+/m1/s1. The number of hydrogen-bond donors (Lipinski definition) is 2. The van der Waals surface area contributed by atoms with Crippen LogP contribution in [0.3, 0.4) is 0 Å². The van der Waals surface area contributed by atoms with E-state index in [0.717, 1.165) is 18.4 Å². The number of benzene rings is 1. The van der Waals surface area contributed by atoms with Gasteiger partial charge in [-0.25, -0.2) is 0 Å². The average molecular weight is 287 g/mol. The molecule has 2 rings (SSSR count). The van der Waals surface area contributed by atoms with Gasteiger partial charge in [0.2, 0.25) is 5.91 Å². The van der Waals surface area contributed by atoms with E-state index in [9.17, 15) is 9.59 Å². The van der Waals surface area contributed by atoms with Crippen molar-refractivity contribution >= 4 is 18.0 Å². The second-order valence-electron chi connectivity index (χ2n) is 5.40. The number of carbonyl (C=O) groups excluding carboxylic acids is 1. The quantitative estimate of drug-likeness (QED) is 0.845. The largest absolute Gasteiger partial charge is 0.481 e. The van der Waals surface area contributed by atoms with Crippen LogP contribution in [0, 0.1) is 5.92 Å². The van der Waals surface area contributed by atoms with Crippen molar-refractivity contribution in [3.05, 3.63) is 42.0 Å². The molecule has 1 aliphatic rings. The first-order valence-electron chi connectivity index (χ1n) is 7.40. The molecule has 1 aromatic rings. The van der Waals surface area contributed by atoms with Crippen molar-refractivity contribution in [3.63, 3.8) is 0 Å². The molecule has 112 valence electrons. The minimum absolute atomic E-state index is 0.0640. The molecule has 0 heterocycles. The minimum Gasteiger partial charge on any atom is -0.481 e. The fourth-order valence-electron chi connectivity index (χ4n) is 2.71. The van der Waals surface area contributed by atoms with E-state index in [1.54, 1.807) is 0 Å². The highest BCUT2D eigenvalue weighted by atomic mass is 16.4. The highest BCUT2D eigenvalue weighted by Crippen LogP contribution is 2.25. The SMILES string of the molecule is O=C(CC/C=C/c1ccccc1)N[C@H]1CCC[C@H]1C(=O)O. The lowest BCUT2D eigenvalue weighted by Gasteiger charge is -2.17. The molecule has 1 saturated carbocycles. The molecule has 0 unspecified atom stereocenters. The molecule has 1 aliphatic carbocycles. The monoisotopic (exact) mass is 287 g/mol. The second kappa shape index (κ2) is 7.62. The zero-order chi connectivity index (χ0) is 15.1. The van der Waals surface area contributed by atoms with Crippen molar-refractivity contribution in [1.82, 2.24) is 5.32 Å². The normalized spacial score (nSPS) is 21.5. The maximum absolute atomic E-state index is 11.8. The number of hydrogen-bond acceptors (Lipinski definition) is 2. The molecule has 1 amide bonds. The summed E-state index contributed by atoms with van der Waals surface area (Å²) in [7, 11) is 0. The fraction of sp³-hybridized carbons (Fsp3) is 0.412. The van der Waals surface area contributed by atoms with Crippen LogP contribution in [0.5, 0.6) is 0 Å². The number of carboxylic acid groups (broad SMARTS) is 1. The Morgan fingerprint density at radius 2 is 2.00 bits per heavy atom. The van der Waals surface area contributed by atoms with Crippen LogP contribution >= 0.6 is 0 Å². The van der Waals surface area contributed by atoms with E-state index in [2.05, 4.69) is 5.32 Å². The van der Waals surface area contributed by atoms with E-state index in [1.807, 2.05) is 42.5 Å². The summed E-state index contributed by atoms with van der Waals surface area (Å²) < 4.78 is 0. The van der Waals surface area contributed by atoms with E-state index in [1.165, 1.54) is 0 Å². The van der Waals surface area contributed by atoms with Gasteiger partial charge in [-0.15, -0.1) is 0 Å². The average Bonchev–Trinajstić information content (AvgIpc) is 2.93. The number of aliphatic carboxylic acids is 1. The first kappa shape index (κ1) is 15.3. The summed E-state index contributed by atoms with van der Waals surface area (Å²) in [6, 6.07) is 9.72. The third-order valence-electron chi connectivity index (χ3n) is 3.83. The van der Waals surface area contributed by atoms with Gasteiger partial charge in [-0.1, -0.05) is 48.9 Å². The third-order valence-corrected chi connectivity index (χ3v) is 3.83. The van der Waals surface area contributed by atoms with Gasteiger partial charge in [0.25, 0.3) is 0 Å². The number of carboxylic acids is 1. The Balaban J connectivity index is 1.73. The van der Waals surface area contributed by atoms with Gasteiger partial charge in [-0.2, -0.15) is 0 Å². The van der Waals surface area contributed by atoms with Crippen molar-refractivity contribution < 1.29 is 14.7 Å². The molecule has 0 saturated heterocycles. The van der Waals surface area contributed by atoms with Crippen molar-refractivity contribution in [1.29, 1.82) is 0 Å². The van der Waals surface area contributed by atoms with Crippen molar-refractivity contribution in [3.8, 4) is 0 Å². The zero-order valence-electron chi connectivity index (χ0n) is 12.0. The minimum atomic E-state index is -0.804. The molecule has 1 fully saturated rings. The summed E-state index contributed by atoms with van der Waals surface area (Å²) in [5.41, 5.74) is 1.11. The Bertz CT molecular complexity index is 510. The smallest absolute Gasteiger partial charge is 0.308 e. The Labute approximate surface area is 124 Å². The second-order valence-corrected chi connectivity index (χ2v) is 5.40. The number of amides is 1. The molecule has 1 aromatic carbocycles. The van der Waals surface area contributed by atoms with Crippen LogP contribution < -0.4 is 5.32 Å². The molecule has 0 bridgehead atoms. The van der Waals surface area contributed by atoms with Gasteiger partial charge >= 0.3 is 5.97 Å². The van der Waals surface area contributed by atoms with Crippen LogP contribution in [0.4, 0.5) is 0 Å². The molecular weight excluding hydrogens is 266 g/mol. The van der Waals surface area contributed by atoms with E-state index in [-0.39, 0.29) is 11.9 Å². The lowest BCUT2D eigenvalue weighted by molar-refractivity contribution is -0.142. The lowest BCUT2D eigenvalue weighted by atomic mass is 10.0. The summed E-state index contributed by atoms with van der Waals surface area (Å²) in [5.74, 6) is -1.29. The molecule has 0 aromatic heterocycles. The number of allylic oxidation sites excluding steroid dienone is 1. The summed E-state index contributed by atoms with van der Waals surface area (Å²) in [4.78, 5) is 22.9. The number of rotatable bonds is 6. The predicted molar refractivity (Wildman–Crippen MR) is 81.6 cm³/mol. The van der Waals surface area contributed by atoms with Crippen LogP contribution in [0.25, 0.3) is 6.08 Å². The van der Waals surface area contributed by atoms with E-state index in [0.29, 0.717) is 19.3 Å². The molecule has 21 heavy (non-hydrogen) atoms. The van der Waals surface area contributed by atoms with Crippen LogP contribution in [-0.2, 0) is 9.59 Å². The highest BCUT2D eigenvalue weighted by Gasteiger charge is 2.33. The van der Waals surface area contributed by atoms with Gasteiger partial charge in [-0.3, -0.25) is 9.59 Å². The van der Waals surface area contributed by atoms with Gasteiger partial charge in [0.05, 0.1) is 5.92 Å². The zero-order valence-corrected chi connectivity index (χ0v) is 12.0. The molecule has 2 atom stereocenters. The van der Waals surface area contributed by atoms with E-state index < -0.39 is 11.9 Å². The molecule has 2 N–H and O–H groups in total. The van der Waals surface area contributed by atoms with Crippen molar-refractivity contribution in [2.45, 2.75) is 38.1 Å². The van der Waals surface area contributed by atoms with Gasteiger partial charge in [0, 0.05) is 12.5 Å². The molecular formula is C17H21NO3. The van der Waals surface area contributed by atoms with Crippen LogP contribution in [0.15, 0.2) is 36.4 Å². The topological polar surface area (TPSA) is 66.4 Å². The van der Waals surface area contributed by atoms with Gasteiger partial charge in [-0.05, 0) is 24.8 Å². The first-order chi connectivity index (χ1) is 10.2. The lowest BCUT2D eigenvalue weighted by Crippen LogP contribution is -2.40. The summed E-state index contributed by atoms with van der Waals surface area (Å²) in [6.45, 7) is 0. The van der Waals surface area contributed by atoms with Crippen molar-refractivity contribution in [2.75, 3.05) is 0 Å². The number of carbonyl (C=O) groups is 2. The van der Waals surface area contributed by atoms with Crippen molar-refractivity contribution in [2.24, 2.45) is 5.92 Å². The van der Waals surface area contributed by atoms with Gasteiger partial charge < -0.3 is 10.4 Å². The van der Waals surface area contributed by atoms with Gasteiger partial charge in [0.1, 0.15) is 0 Å². The van der Waals surface area contributed by atoms with Crippen LogP contribution in [-0.4, -0.2) is 23.0 Å². The van der Waals surface area contributed by atoms with E-state index >= 15 is 0 Å². The Morgan fingerprint density at radius 3 is 2.71 bits per heavy atom. The van der Waals surface area contributed by atoms with Gasteiger partial charge in [0.15, 0.2) is 0 Å². The Kier molecular flexibility index (Phi) is 5.55. The first-order valence-corrected chi connectivity index (χ1v) is 7.40. The summed E-state index contributed by atoms with van der Waals surface area (Å²) >= 11 is 0. The number of nitrogens with one attached hydrogen (secondary N) is 1. The van der Waals surface area contributed by atoms with E-state index in [4.69, 9.17) is 5.11 Å². The third kappa shape index (κ3) is 4.74. The Morgan fingerprint density at radius 1 is 1.24 bits per heavy atom. The maximum atomic E-state index is 11.8. The molecule has 4 nitrogen and oxygen atoms in total. The Hall–Kier alpha value is -2.10. The molecule has 0 spiro atoms. The maximum Gasteiger partial charge on any atom is 0.308 e. The summed E-state index contributed by atoms with van der Waals surface area (Å²) in [6.07, 6.45) is 7.31. The fourth-order valence-corrected chi connectivity index (χ4v) is 2.71. The van der Waals surface area contributed by atoms with Crippen LogP contribution in [0.2, 0.25) is 0 Å². The molecule has 0 radical (unpaired) electrons. The summed E-state index contributed by atoms with van der Waals surface area (Å²) in [5, 5.41) is 11.9. The molecule has 4 heteroatoms. The van der Waals surface area contributed by atoms with Crippen LogP contribution in [0.1, 0.15) is 37.7 Å². The molecule has 0 aliphatic heterocycles. The highest BCUT2D eigenvalue weighted by molar-refractivity contribution is 5.78. The predicted octanol–water partition coefficient (Wildman–Crippen LogP) is 2.85.